The molecule has 0 fully saturated rings. The van der Waals surface area contributed by atoms with Gasteiger partial charge < -0.3 is 15.7 Å². The number of hydrogen-bond acceptors (Lipinski definition) is 3. The Morgan fingerprint density at radius 1 is 1.45 bits per heavy atom. The van der Waals surface area contributed by atoms with E-state index >= 15 is 0 Å². The highest BCUT2D eigenvalue weighted by atomic mass is 16.4. The fourth-order valence-electron chi connectivity index (χ4n) is 1.80. The van der Waals surface area contributed by atoms with E-state index in [4.69, 9.17) is 5.26 Å². The standard InChI is InChI=1S/C14H17N3O3/c1-3-7-14(2,12(18)19)17-13(20)16-11-6-4-5-10(8-11)9-15/h4-6,8H,3,7H2,1-2H3,(H,18,19)(H2,16,17,20). The van der Waals surface area contributed by atoms with E-state index in [-0.39, 0.29) is 0 Å². The molecule has 0 aliphatic heterocycles. The lowest BCUT2D eigenvalue weighted by atomic mass is 9.97. The lowest BCUT2D eigenvalue weighted by Gasteiger charge is -2.25. The van der Waals surface area contributed by atoms with Crippen LogP contribution in [0.15, 0.2) is 24.3 Å². The van der Waals surface area contributed by atoms with Gasteiger partial charge in [0, 0.05) is 5.69 Å². The minimum Gasteiger partial charge on any atom is -0.480 e. The Bertz CT molecular complexity index is 551. The molecule has 1 aromatic carbocycles. The van der Waals surface area contributed by atoms with Gasteiger partial charge in [0.15, 0.2) is 0 Å². The van der Waals surface area contributed by atoms with Crippen molar-refractivity contribution in [3.8, 4) is 6.07 Å². The van der Waals surface area contributed by atoms with E-state index in [1.807, 2.05) is 13.0 Å². The Morgan fingerprint density at radius 3 is 2.70 bits per heavy atom. The highest BCUT2D eigenvalue weighted by Crippen LogP contribution is 2.14. The number of carbonyl (C=O) groups is 2. The van der Waals surface area contributed by atoms with E-state index in [0.29, 0.717) is 24.1 Å². The van der Waals surface area contributed by atoms with Crippen molar-refractivity contribution in [2.24, 2.45) is 0 Å². The molecule has 0 aliphatic carbocycles. The lowest BCUT2D eigenvalue weighted by Crippen LogP contribution is -2.53. The number of benzene rings is 1. The van der Waals surface area contributed by atoms with E-state index in [0.717, 1.165) is 0 Å². The average Bonchev–Trinajstić information content (AvgIpc) is 2.38. The van der Waals surface area contributed by atoms with Crippen molar-refractivity contribution in [2.75, 3.05) is 5.32 Å². The van der Waals surface area contributed by atoms with Gasteiger partial charge in [-0.05, 0) is 31.5 Å². The number of aliphatic carboxylic acids is 1. The van der Waals surface area contributed by atoms with Crippen LogP contribution < -0.4 is 10.6 Å². The molecule has 0 spiro atoms. The van der Waals surface area contributed by atoms with Crippen LogP contribution in [0.3, 0.4) is 0 Å². The third-order valence-electron chi connectivity index (χ3n) is 2.86. The second kappa shape index (κ2) is 6.57. The van der Waals surface area contributed by atoms with Crippen LogP contribution in [0.25, 0.3) is 0 Å². The number of nitriles is 1. The molecule has 1 unspecified atom stereocenters. The first-order chi connectivity index (χ1) is 9.41. The molecule has 20 heavy (non-hydrogen) atoms. The van der Waals surface area contributed by atoms with Gasteiger partial charge >= 0.3 is 12.0 Å². The second-order valence-corrected chi connectivity index (χ2v) is 4.66. The molecule has 1 rings (SSSR count). The first-order valence-corrected chi connectivity index (χ1v) is 6.24. The molecule has 3 N–H and O–H groups in total. The lowest BCUT2D eigenvalue weighted by molar-refractivity contribution is -0.143. The largest absolute Gasteiger partial charge is 0.480 e. The van der Waals surface area contributed by atoms with E-state index < -0.39 is 17.5 Å². The van der Waals surface area contributed by atoms with E-state index in [2.05, 4.69) is 10.6 Å². The second-order valence-electron chi connectivity index (χ2n) is 4.66. The number of nitrogens with one attached hydrogen (secondary N) is 2. The summed E-state index contributed by atoms with van der Waals surface area (Å²) in [5, 5.41) is 22.9. The normalized spacial score (nSPS) is 12.8. The summed E-state index contributed by atoms with van der Waals surface area (Å²) in [4.78, 5) is 23.1. The first-order valence-electron chi connectivity index (χ1n) is 6.24. The summed E-state index contributed by atoms with van der Waals surface area (Å²) in [6.45, 7) is 3.31. The van der Waals surface area contributed by atoms with Crippen LogP contribution in [0, 0.1) is 11.3 Å². The van der Waals surface area contributed by atoms with Crippen LogP contribution in [0.2, 0.25) is 0 Å². The molecule has 0 aromatic heterocycles. The van der Waals surface area contributed by atoms with Gasteiger partial charge in [0.25, 0.3) is 0 Å². The Labute approximate surface area is 117 Å². The van der Waals surface area contributed by atoms with E-state index in [1.54, 1.807) is 18.2 Å². The number of carboxylic acid groups (broad SMARTS) is 1. The maximum Gasteiger partial charge on any atom is 0.329 e. The number of carbonyl (C=O) groups excluding carboxylic acids is 1. The molecule has 0 heterocycles. The van der Waals surface area contributed by atoms with Gasteiger partial charge in [-0.2, -0.15) is 5.26 Å². The highest BCUT2D eigenvalue weighted by molar-refractivity contribution is 5.93. The maximum absolute atomic E-state index is 11.8. The fourth-order valence-corrected chi connectivity index (χ4v) is 1.80. The SMILES string of the molecule is CCCC(C)(NC(=O)Nc1cccc(C#N)c1)C(=O)O. The Morgan fingerprint density at radius 2 is 2.15 bits per heavy atom. The average molecular weight is 275 g/mol. The summed E-state index contributed by atoms with van der Waals surface area (Å²) < 4.78 is 0. The predicted octanol–water partition coefficient (Wildman–Crippen LogP) is 2.32. The molecule has 0 saturated heterocycles. The third-order valence-corrected chi connectivity index (χ3v) is 2.86. The molecular formula is C14H17N3O3. The molecule has 0 aliphatic rings. The van der Waals surface area contributed by atoms with Gasteiger partial charge in [-0.3, -0.25) is 0 Å². The zero-order valence-corrected chi connectivity index (χ0v) is 11.4. The van der Waals surface area contributed by atoms with Crippen molar-refractivity contribution in [1.29, 1.82) is 5.26 Å². The van der Waals surface area contributed by atoms with Crippen molar-refractivity contribution < 1.29 is 14.7 Å². The minimum atomic E-state index is -1.31. The van der Waals surface area contributed by atoms with Gasteiger partial charge in [-0.25, -0.2) is 9.59 Å². The predicted molar refractivity (Wildman–Crippen MR) is 74.3 cm³/mol. The Kier molecular flexibility index (Phi) is 5.09. The summed E-state index contributed by atoms with van der Waals surface area (Å²) in [7, 11) is 0. The van der Waals surface area contributed by atoms with Gasteiger partial charge in [0.1, 0.15) is 5.54 Å². The van der Waals surface area contributed by atoms with Gasteiger partial charge in [-0.15, -0.1) is 0 Å². The van der Waals surface area contributed by atoms with Crippen molar-refractivity contribution >= 4 is 17.7 Å². The molecule has 0 saturated carbocycles. The van der Waals surface area contributed by atoms with E-state index in [9.17, 15) is 14.7 Å². The fraction of sp³-hybridized carbons (Fsp3) is 0.357. The first kappa shape index (κ1) is 15.5. The van der Waals surface area contributed by atoms with Crippen molar-refractivity contribution in [1.82, 2.24) is 5.32 Å². The summed E-state index contributed by atoms with van der Waals surface area (Å²) in [6.07, 6.45) is 0.959. The molecule has 106 valence electrons. The third kappa shape index (κ3) is 3.99. The summed E-state index contributed by atoms with van der Waals surface area (Å²) in [5.41, 5.74) is -0.464. The van der Waals surface area contributed by atoms with Crippen molar-refractivity contribution in [3.05, 3.63) is 29.8 Å². The van der Waals surface area contributed by atoms with E-state index in [1.165, 1.54) is 13.0 Å². The van der Waals surface area contributed by atoms with Crippen LogP contribution in [0.4, 0.5) is 10.5 Å². The smallest absolute Gasteiger partial charge is 0.329 e. The molecule has 6 nitrogen and oxygen atoms in total. The zero-order chi connectivity index (χ0) is 15.2. The number of rotatable bonds is 5. The summed E-state index contributed by atoms with van der Waals surface area (Å²) >= 11 is 0. The maximum atomic E-state index is 11.8. The van der Waals surface area contributed by atoms with Gasteiger partial charge in [0.2, 0.25) is 0 Å². The van der Waals surface area contributed by atoms with Crippen molar-refractivity contribution in [2.45, 2.75) is 32.2 Å². The monoisotopic (exact) mass is 275 g/mol. The van der Waals surface area contributed by atoms with Gasteiger partial charge in [0.05, 0.1) is 11.6 Å². The zero-order valence-electron chi connectivity index (χ0n) is 11.4. The molecule has 0 radical (unpaired) electrons. The van der Waals surface area contributed by atoms with Crippen LogP contribution in [0.5, 0.6) is 0 Å². The molecule has 2 amide bonds. The number of hydrogen-bond donors (Lipinski definition) is 3. The molecule has 0 bridgehead atoms. The number of urea groups is 1. The molecule has 1 atom stereocenters. The Balaban J connectivity index is 2.76. The molecule has 6 heteroatoms. The quantitative estimate of drug-likeness (QED) is 0.767. The topological polar surface area (TPSA) is 102 Å². The minimum absolute atomic E-state index is 0.327. The Hall–Kier alpha value is -2.55. The van der Waals surface area contributed by atoms with Crippen molar-refractivity contribution in [3.63, 3.8) is 0 Å². The molecule has 1 aromatic rings. The van der Waals surface area contributed by atoms with Crippen LogP contribution >= 0.6 is 0 Å². The summed E-state index contributed by atoms with van der Waals surface area (Å²) in [6, 6.07) is 7.73. The van der Waals surface area contributed by atoms with Crippen LogP contribution in [-0.4, -0.2) is 22.6 Å². The van der Waals surface area contributed by atoms with Crippen LogP contribution in [-0.2, 0) is 4.79 Å². The number of carboxylic acids is 1. The molecular weight excluding hydrogens is 258 g/mol. The van der Waals surface area contributed by atoms with Gasteiger partial charge in [-0.1, -0.05) is 19.4 Å². The summed E-state index contributed by atoms with van der Waals surface area (Å²) in [5.74, 6) is -1.08. The number of nitrogens with zero attached hydrogens (tertiary/aromatic N) is 1. The highest BCUT2D eigenvalue weighted by Gasteiger charge is 2.33. The number of amides is 2. The van der Waals surface area contributed by atoms with Crippen LogP contribution in [0.1, 0.15) is 32.3 Å². The number of anilines is 1.